The predicted molar refractivity (Wildman–Crippen MR) is 67.5 cm³/mol. The Kier molecular flexibility index (Phi) is 4.99. The molecule has 0 bridgehead atoms. The summed E-state index contributed by atoms with van der Waals surface area (Å²) < 4.78 is 36.9. The third-order valence-electron chi connectivity index (χ3n) is 2.24. The van der Waals surface area contributed by atoms with Crippen molar-refractivity contribution < 1.29 is 13.2 Å². The number of anilines is 1. The fourth-order valence-corrected chi connectivity index (χ4v) is 1.62. The van der Waals surface area contributed by atoms with Gasteiger partial charge in [0.05, 0.1) is 11.9 Å². The van der Waals surface area contributed by atoms with Crippen LogP contribution in [0, 0.1) is 0 Å². The molecule has 106 valence electrons. The average Bonchev–Trinajstić information content (AvgIpc) is 2.28. The number of hydrogen-bond acceptors (Lipinski definition) is 3. The van der Waals surface area contributed by atoms with Gasteiger partial charge in [-0.1, -0.05) is 17.7 Å². The van der Waals surface area contributed by atoms with Crippen LogP contribution in [0.3, 0.4) is 0 Å². The number of halogens is 4. The van der Waals surface area contributed by atoms with Gasteiger partial charge in [-0.15, -0.1) is 6.58 Å². The highest BCUT2D eigenvalue weighted by Crippen LogP contribution is 2.20. The van der Waals surface area contributed by atoms with E-state index in [9.17, 15) is 18.0 Å². The maximum atomic E-state index is 12.2. The SMILES string of the molecule is C=CCC(C)Nc1cnn(CC(F)(F)F)c(=O)c1Cl. The quantitative estimate of drug-likeness (QED) is 0.850. The standard InChI is InChI=1S/C11H13ClF3N3O/c1-3-4-7(2)17-8-5-16-18(6-11(13,14)15)10(19)9(8)12/h3,5,7,17H,1,4,6H2,2H3. The monoisotopic (exact) mass is 295 g/mol. The summed E-state index contributed by atoms with van der Waals surface area (Å²) in [6, 6.07) is -0.0605. The van der Waals surface area contributed by atoms with Crippen molar-refractivity contribution in [2.24, 2.45) is 0 Å². The van der Waals surface area contributed by atoms with Crippen molar-refractivity contribution in [1.82, 2.24) is 9.78 Å². The molecule has 1 unspecified atom stereocenters. The molecule has 0 fully saturated rings. The van der Waals surface area contributed by atoms with E-state index in [1.54, 1.807) is 6.08 Å². The Morgan fingerprint density at radius 3 is 2.79 bits per heavy atom. The van der Waals surface area contributed by atoms with E-state index in [-0.39, 0.29) is 21.4 Å². The molecule has 0 aliphatic carbocycles. The van der Waals surface area contributed by atoms with Gasteiger partial charge in [-0.3, -0.25) is 4.79 Å². The lowest BCUT2D eigenvalue weighted by Gasteiger charge is -2.15. The minimum atomic E-state index is -4.52. The summed E-state index contributed by atoms with van der Waals surface area (Å²) in [6.07, 6.45) is -1.13. The van der Waals surface area contributed by atoms with Gasteiger partial charge in [-0.05, 0) is 13.3 Å². The molecular formula is C11H13ClF3N3O. The van der Waals surface area contributed by atoms with Gasteiger partial charge >= 0.3 is 6.18 Å². The molecular weight excluding hydrogens is 283 g/mol. The second-order valence-corrected chi connectivity index (χ2v) is 4.40. The first-order valence-corrected chi connectivity index (χ1v) is 5.82. The van der Waals surface area contributed by atoms with Crippen LogP contribution in [0.5, 0.6) is 0 Å². The first-order chi connectivity index (χ1) is 8.74. The Hall–Kier alpha value is -1.50. The highest BCUT2D eigenvalue weighted by atomic mass is 35.5. The van der Waals surface area contributed by atoms with Gasteiger partial charge in [0.25, 0.3) is 5.56 Å². The zero-order valence-electron chi connectivity index (χ0n) is 10.2. The van der Waals surface area contributed by atoms with Crippen LogP contribution in [0.1, 0.15) is 13.3 Å². The van der Waals surface area contributed by atoms with Crippen LogP contribution in [0.2, 0.25) is 5.02 Å². The van der Waals surface area contributed by atoms with Gasteiger partial charge in [0.1, 0.15) is 11.6 Å². The van der Waals surface area contributed by atoms with Crippen molar-refractivity contribution >= 4 is 17.3 Å². The fourth-order valence-electron chi connectivity index (χ4n) is 1.42. The summed E-state index contributed by atoms with van der Waals surface area (Å²) in [4.78, 5) is 11.6. The topological polar surface area (TPSA) is 46.9 Å². The lowest BCUT2D eigenvalue weighted by molar-refractivity contribution is -0.143. The molecule has 0 amide bonds. The van der Waals surface area contributed by atoms with E-state index in [2.05, 4.69) is 17.0 Å². The van der Waals surface area contributed by atoms with Gasteiger partial charge in [0.2, 0.25) is 0 Å². The molecule has 0 aliphatic heterocycles. The zero-order chi connectivity index (χ0) is 14.6. The second kappa shape index (κ2) is 6.10. The Morgan fingerprint density at radius 1 is 1.63 bits per heavy atom. The largest absolute Gasteiger partial charge is 0.408 e. The molecule has 19 heavy (non-hydrogen) atoms. The highest BCUT2D eigenvalue weighted by Gasteiger charge is 2.29. The van der Waals surface area contributed by atoms with Gasteiger partial charge in [0, 0.05) is 6.04 Å². The van der Waals surface area contributed by atoms with Gasteiger partial charge in [0.15, 0.2) is 0 Å². The summed E-state index contributed by atoms with van der Waals surface area (Å²) in [7, 11) is 0. The van der Waals surface area contributed by atoms with Gasteiger partial charge in [-0.2, -0.15) is 18.3 Å². The maximum Gasteiger partial charge on any atom is 0.408 e. The van der Waals surface area contributed by atoms with Crippen LogP contribution >= 0.6 is 11.6 Å². The molecule has 1 atom stereocenters. The molecule has 0 saturated carbocycles. The minimum Gasteiger partial charge on any atom is -0.380 e. The number of nitrogens with zero attached hydrogens (tertiary/aromatic N) is 2. The Bertz CT molecular complexity index is 513. The Morgan fingerprint density at radius 2 is 2.26 bits per heavy atom. The highest BCUT2D eigenvalue weighted by molar-refractivity contribution is 6.32. The maximum absolute atomic E-state index is 12.2. The number of alkyl halides is 3. The normalized spacial score (nSPS) is 13.1. The molecule has 1 heterocycles. The Balaban J connectivity index is 2.98. The van der Waals surface area contributed by atoms with Crippen LogP contribution < -0.4 is 10.9 Å². The molecule has 1 aromatic rings. The van der Waals surface area contributed by atoms with Crippen LogP contribution in [0.15, 0.2) is 23.6 Å². The van der Waals surface area contributed by atoms with Crippen LogP contribution in [-0.4, -0.2) is 22.0 Å². The molecule has 8 heteroatoms. The van der Waals surface area contributed by atoms with E-state index in [0.29, 0.717) is 6.42 Å². The molecule has 0 aliphatic rings. The van der Waals surface area contributed by atoms with E-state index < -0.39 is 18.3 Å². The van der Waals surface area contributed by atoms with Crippen molar-refractivity contribution in [2.75, 3.05) is 5.32 Å². The molecule has 1 rings (SSSR count). The van der Waals surface area contributed by atoms with Crippen molar-refractivity contribution in [3.05, 3.63) is 34.2 Å². The molecule has 0 spiro atoms. The van der Waals surface area contributed by atoms with E-state index in [1.165, 1.54) is 0 Å². The van der Waals surface area contributed by atoms with Gasteiger partial charge < -0.3 is 5.32 Å². The van der Waals surface area contributed by atoms with Crippen LogP contribution in [-0.2, 0) is 6.54 Å². The number of rotatable bonds is 5. The summed E-state index contributed by atoms with van der Waals surface area (Å²) >= 11 is 5.74. The lowest BCUT2D eigenvalue weighted by Crippen LogP contribution is -2.31. The fraction of sp³-hybridized carbons (Fsp3) is 0.455. The summed E-state index contributed by atoms with van der Waals surface area (Å²) in [5.41, 5.74) is -0.769. The number of aromatic nitrogens is 2. The van der Waals surface area contributed by atoms with E-state index >= 15 is 0 Å². The predicted octanol–water partition coefficient (Wildman–Crippen LogP) is 2.84. The third-order valence-corrected chi connectivity index (χ3v) is 2.60. The number of hydrogen-bond donors (Lipinski definition) is 1. The molecule has 4 nitrogen and oxygen atoms in total. The lowest BCUT2D eigenvalue weighted by atomic mass is 10.2. The van der Waals surface area contributed by atoms with Crippen LogP contribution in [0.4, 0.5) is 18.9 Å². The van der Waals surface area contributed by atoms with E-state index in [0.717, 1.165) is 6.20 Å². The average molecular weight is 296 g/mol. The zero-order valence-corrected chi connectivity index (χ0v) is 10.9. The summed E-state index contributed by atoms with van der Waals surface area (Å²) in [5, 5.41) is 6.02. The molecule has 0 aromatic carbocycles. The first-order valence-electron chi connectivity index (χ1n) is 5.44. The molecule has 1 N–H and O–H groups in total. The number of nitrogens with one attached hydrogen (secondary N) is 1. The van der Waals surface area contributed by atoms with Crippen LogP contribution in [0.25, 0.3) is 0 Å². The summed E-state index contributed by atoms with van der Waals surface area (Å²) in [6.45, 7) is 3.91. The molecule has 0 radical (unpaired) electrons. The second-order valence-electron chi connectivity index (χ2n) is 4.02. The van der Waals surface area contributed by atoms with E-state index in [4.69, 9.17) is 11.6 Å². The molecule has 1 aromatic heterocycles. The molecule has 0 saturated heterocycles. The smallest absolute Gasteiger partial charge is 0.380 e. The minimum absolute atomic E-state index is 0.0605. The van der Waals surface area contributed by atoms with Crippen molar-refractivity contribution in [1.29, 1.82) is 0 Å². The van der Waals surface area contributed by atoms with Crippen molar-refractivity contribution in [2.45, 2.75) is 32.1 Å². The van der Waals surface area contributed by atoms with Gasteiger partial charge in [-0.25, -0.2) is 4.68 Å². The van der Waals surface area contributed by atoms with E-state index in [1.807, 2.05) is 6.92 Å². The third kappa shape index (κ3) is 4.59. The first kappa shape index (κ1) is 15.6. The van der Waals surface area contributed by atoms with Crippen molar-refractivity contribution in [3.63, 3.8) is 0 Å². The summed E-state index contributed by atoms with van der Waals surface area (Å²) in [5.74, 6) is 0. The van der Waals surface area contributed by atoms with Crippen molar-refractivity contribution in [3.8, 4) is 0 Å². The Labute approximate surface area is 112 Å².